The number of fused-ring (bicyclic) bond motifs is 3. The molecule has 0 saturated carbocycles. The van der Waals surface area contributed by atoms with Gasteiger partial charge in [0.15, 0.2) is 0 Å². The summed E-state index contributed by atoms with van der Waals surface area (Å²) in [6, 6.07) is 11.0. The van der Waals surface area contributed by atoms with Crippen LogP contribution < -0.4 is 0 Å². The molecule has 3 aliphatic heterocycles. The fourth-order valence-corrected chi connectivity index (χ4v) is 3.45. The van der Waals surface area contributed by atoms with Crippen molar-refractivity contribution in [1.82, 2.24) is 4.90 Å². The fraction of sp³-hybridized carbons (Fsp3) is 0.533. The minimum absolute atomic E-state index is 0.352. The van der Waals surface area contributed by atoms with Gasteiger partial charge in [-0.3, -0.25) is 4.90 Å². The van der Waals surface area contributed by atoms with Gasteiger partial charge in [0.1, 0.15) is 0 Å². The van der Waals surface area contributed by atoms with Crippen LogP contribution in [0.5, 0.6) is 0 Å². The van der Waals surface area contributed by atoms with Crippen LogP contribution in [0.25, 0.3) is 0 Å². The third-order valence-corrected chi connectivity index (χ3v) is 4.48. The highest BCUT2D eigenvalue weighted by atomic mass is 15.2. The molecule has 2 bridgehead atoms. The summed E-state index contributed by atoms with van der Waals surface area (Å²) < 4.78 is 0. The summed E-state index contributed by atoms with van der Waals surface area (Å²) in [6.45, 7) is 4.65. The molecule has 2 heteroatoms. The lowest BCUT2D eigenvalue weighted by Gasteiger charge is -2.48. The van der Waals surface area contributed by atoms with Gasteiger partial charge in [0.25, 0.3) is 0 Å². The Morgan fingerprint density at radius 2 is 1.82 bits per heavy atom. The molecule has 0 radical (unpaired) electrons. The zero-order chi connectivity index (χ0) is 11.8. The van der Waals surface area contributed by atoms with Gasteiger partial charge in [-0.05, 0) is 31.5 Å². The Hall–Kier alpha value is -1.15. The van der Waals surface area contributed by atoms with Gasteiger partial charge in [0.05, 0.1) is 6.04 Å². The molecule has 0 spiro atoms. The molecule has 90 valence electrons. The molecule has 2 atom stereocenters. The summed E-state index contributed by atoms with van der Waals surface area (Å²) in [5.41, 5.74) is 2.36. The maximum absolute atomic E-state index is 8.37. The normalized spacial score (nSPS) is 33.7. The molecule has 17 heavy (non-hydrogen) atoms. The Morgan fingerprint density at radius 1 is 1.18 bits per heavy atom. The van der Waals surface area contributed by atoms with Gasteiger partial charge in [0.2, 0.25) is 0 Å². The average Bonchev–Trinajstić information content (AvgIpc) is 2.40. The average molecular weight is 228 g/mol. The van der Waals surface area contributed by atoms with Crippen molar-refractivity contribution in [2.24, 2.45) is 5.92 Å². The maximum Gasteiger partial charge on any atom is 0.0542 e. The predicted molar refractivity (Wildman–Crippen MR) is 70.7 cm³/mol. The number of hydrogen-bond acceptors (Lipinski definition) is 2. The van der Waals surface area contributed by atoms with Crippen molar-refractivity contribution < 1.29 is 0 Å². The third-order valence-electron chi connectivity index (χ3n) is 4.48. The van der Waals surface area contributed by atoms with Crippen molar-refractivity contribution >= 4 is 5.71 Å². The van der Waals surface area contributed by atoms with Crippen molar-refractivity contribution in [1.29, 1.82) is 5.41 Å². The minimum atomic E-state index is 0.352. The lowest BCUT2D eigenvalue weighted by molar-refractivity contribution is 0.131. The molecule has 2 nitrogen and oxygen atoms in total. The summed E-state index contributed by atoms with van der Waals surface area (Å²) in [4.78, 5) is 2.51. The van der Waals surface area contributed by atoms with Crippen LogP contribution in [0.3, 0.4) is 0 Å². The van der Waals surface area contributed by atoms with E-state index in [-0.39, 0.29) is 0 Å². The van der Waals surface area contributed by atoms with Gasteiger partial charge in [0, 0.05) is 17.5 Å². The van der Waals surface area contributed by atoms with E-state index >= 15 is 0 Å². The van der Waals surface area contributed by atoms with E-state index in [0.717, 1.165) is 5.71 Å². The van der Waals surface area contributed by atoms with Gasteiger partial charge < -0.3 is 5.41 Å². The zero-order valence-corrected chi connectivity index (χ0v) is 10.4. The monoisotopic (exact) mass is 228 g/mol. The van der Waals surface area contributed by atoms with Crippen molar-refractivity contribution in [2.45, 2.75) is 31.7 Å². The van der Waals surface area contributed by atoms with Crippen LogP contribution in [0.15, 0.2) is 30.3 Å². The highest BCUT2D eigenvalue weighted by Gasteiger charge is 2.40. The number of nitrogens with zero attached hydrogens (tertiary/aromatic N) is 1. The molecular weight excluding hydrogens is 208 g/mol. The van der Waals surface area contributed by atoms with Crippen LogP contribution in [-0.4, -0.2) is 29.7 Å². The van der Waals surface area contributed by atoms with Crippen LogP contribution in [-0.2, 0) is 0 Å². The fourth-order valence-electron chi connectivity index (χ4n) is 3.45. The van der Waals surface area contributed by atoms with E-state index in [1.165, 1.54) is 31.5 Å². The van der Waals surface area contributed by atoms with E-state index in [0.29, 0.717) is 17.9 Å². The number of rotatable bonds is 2. The SMILES string of the molecule is CC(c1ccccc1)C1C(=N)C2CCN1CC2. The molecule has 3 saturated heterocycles. The van der Waals surface area contributed by atoms with Gasteiger partial charge in [-0.25, -0.2) is 0 Å². The molecule has 0 amide bonds. The van der Waals surface area contributed by atoms with Gasteiger partial charge in [-0.1, -0.05) is 37.3 Å². The van der Waals surface area contributed by atoms with E-state index in [1.807, 2.05) is 0 Å². The van der Waals surface area contributed by atoms with Crippen LogP contribution in [0.4, 0.5) is 0 Å². The quantitative estimate of drug-likeness (QED) is 0.828. The van der Waals surface area contributed by atoms with Crippen LogP contribution >= 0.6 is 0 Å². The first kappa shape index (κ1) is 11.0. The minimum Gasteiger partial charge on any atom is -0.308 e. The molecular formula is C15H20N2. The number of hydrogen-bond donors (Lipinski definition) is 1. The first-order valence-electron chi connectivity index (χ1n) is 6.64. The lowest BCUT2D eigenvalue weighted by Crippen LogP contribution is -2.56. The molecule has 4 rings (SSSR count). The first-order chi connectivity index (χ1) is 8.27. The Morgan fingerprint density at radius 3 is 2.41 bits per heavy atom. The second kappa shape index (κ2) is 4.26. The second-order valence-electron chi connectivity index (χ2n) is 5.41. The summed E-state index contributed by atoms with van der Waals surface area (Å²) in [5.74, 6) is 1.02. The van der Waals surface area contributed by atoms with Crippen molar-refractivity contribution in [3.05, 3.63) is 35.9 Å². The number of nitrogens with one attached hydrogen (secondary N) is 1. The standard InChI is InChI=1S/C15H20N2/c1-11(12-5-3-2-4-6-12)15-14(16)13-7-9-17(15)10-8-13/h2-6,11,13,15-16H,7-10H2,1H3. The van der Waals surface area contributed by atoms with Crippen molar-refractivity contribution in [3.8, 4) is 0 Å². The second-order valence-corrected chi connectivity index (χ2v) is 5.41. The molecule has 1 aromatic carbocycles. The maximum atomic E-state index is 8.37. The molecule has 3 aliphatic rings. The van der Waals surface area contributed by atoms with E-state index in [4.69, 9.17) is 5.41 Å². The van der Waals surface area contributed by atoms with E-state index in [1.54, 1.807) is 0 Å². The van der Waals surface area contributed by atoms with Gasteiger partial charge in [-0.15, -0.1) is 0 Å². The van der Waals surface area contributed by atoms with Gasteiger partial charge in [-0.2, -0.15) is 0 Å². The largest absolute Gasteiger partial charge is 0.308 e. The molecule has 3 heterocycles. The highest BCUT2D eigenvalue weighted by Crippen LogP contribution is 2.36. The zero-order valence-electron chi connectivity index (χ0n) is 10.4. The third kappa shape index (κ3) is 1.81. The smallest absolute Gasteiger partial charge is 0.0542 e. The molecule has 3 fully saturated rings. The molecule has 1 aromatic rings. The van der Waals surface area contributed by atoms with E-state index < -0.39 is 0 Å². The first-order valence-corrected chi connectivity index (χ1v) is 6.64. The Balaban J connectivity index is 1.87. The number of piperidine rings is 3. The van der Waals surface area contributed by atoms with Crippen LogP contribution in [0.2, 0.25) is 0 Å². The van der Waals surface area contributed by atoms with E-state index in [9.17, 15) is 0 Å². The molecule has 1 N–H and O–H groups in total. The van der Waals surface area contributed by atoms with Crippen molar-refractivity contribution in [3.63, 3.8) is 0 Å². The predicted octanol–water partition coefficient (Wildman–Crippen LogP) is 2.90. The van der Waals surface area contributed by atoms with E-state index in [2.05, 4.69) is 42.2 Å². The summed E-state index contributed by atoms with van der Waals surface area (Å²) in [7, 11) is 0. The summed E-state index contributed by atoms with van der Waals surface area (Å²) >= 11 is 0. The topological polar surface area (TPSA) is 27.1 Å². The molecule has 2 unspecified atom stereocenters. The molecule has 0 aromatic heterocycles. The van der Waals surface area contributed by atoms with Crippen LogP contribution in [0, 0.1) is 11.3 Å². The summed E-state index contributed by atoms with van der Waals surface area (Å²) in [5, 5.41) is 8.37. The highest BCUT2D eigenvalue weighted by molar-refractivity contribution is 5.91. The molecule has 0 aliphatic carbocycles. The Kier molecular flexibility index (Phi) is 2.75. The summed E-state index contributed by atoms with van der Waals surface area (Å²) in [6.07, 6.45) is 2.41. The lowest BCUT2D eigenvalue weighted by atomic mass is 9.75. The Bertz CT molecular complexity index is 404. The van der Waals surface area contributed by atoms with Crippen LogP contribution in [0.1, 0.15) is 31.2 Å². The Labute approximate surface area is 103 Å². The van der Waals surface area contributed by atoms with Gasteiger partial charge >= 0.3 is 0 Å². The number of benzene rings is 1. The van der Waals surface area contributed by atoms with Crippen molar-refractivity contribution in [2.75, 3.05) is 13.1 Å².